The molecule has 1 heterocycles. The molecule has 0 saturated heterocycles. The predicted molar refractivity (Wildman–Crippen MR) is 258 cm³/mol. The summed E-state index contributed by atoms with van der Waals surface area (Å²) in [6.45, 7) is 0. The molecule has 0 bridgehead atoms. The molecule has 1 unspecified atom stereocenters. The first-order chi connectivity index (χ1) is 30.2. The Morgan fingerprint density at radius 2 is 1.02 bits per heavy atom. The normalized spacial score (nSPS) is 15.4. The molecule has 1 atom stereocenters. The summed E-state index contributed by atoms with van der Waals surface area (Å²) in [5, 5.41) is 2.50. The van der Waals surface area contributed by atoms with E-state index in [1.165, 1.54) is 72.7 Å². The van der Waals surface area contributed by atoms with E-state index >= 15 is 0 Å². The van der Waals surface area contributed by atoms with Crippen LogP contribution in [0.15, 0.2) is 242 Å². The number of anilines is 7. The maximum Gasteiger partial charge on any atom is 0.0498 e. The molecule has 1 aliphatic heterocycles. The van der Waals surface area contributed by atoms with Gasteiger partial charge in [-0.2, -0.15) is 0 Å². The van der Waals surface area contributed by atoms with Gasteiger partial charge in [0.2, 0.25) is 0 Å². The maximum atomic E-state index is 2.50. The van der Waals surface area contributed by atoms with Crippen molar-refractivity contribution >= 4 is 56.2 Å². The van der Waals surface area contributed by atoms with Crippen molar-refractivity contribution in [2.75, 3.05) is 14.7 Å². The van der Waals surface area contributed by atoms with E-state index in [4.69, 9.17) is 0 Å². The van der Waals surface area contributed by atoms with Crippen LogP contribution >= 0.6 is 0 Å². The quantitative estimate of drug-likeness (QED) is 0.144. The van der Waals surface area contributed by atoms with E-state index in [1.54, 1.807) is 0 Å². The molecule has 3 aliphatic rings. The van der Waals surface area contributed by atoms with Crippen molar-refractivity contribution in [3.05, 3.63) is 253 Å². The first-order valence-corrected chi connectivity index (χ1v) is 21.4. The fraction of sp³-hybridized carbons (Fsp3) is 0.0690. The summed E-state index contributed by atoms with van der Waals surface area (Å²) in [7, 11) is 0. The van der Waals surface area contributed by atoms with E-state index in [-0.39, 0.29) is 5.92 Å². The van der Waals surface area contributed by atoms with Crippen LogP contribution in [-0.2, 0) is 0 Å². The van der Waals surface area contributed by atoms with E-state index in [2.05, 4.69) is 245 Å². The minimum absolute atomic E-state index is 0.213. The number of fused-ring (bicyclic) bond motifs is 4. The van der Waals surface area contributed by atoms with Crippen LogP contribution in [0.5, 0.6) is 0 Å². The molecule has 0 amide bonds. The first-order valence-electron chi connectivity index (χ1n) is 21.4. The van der Waals surface area contributed by atoms with Gasteiger partial charge >= 0.3 is 0 Å². The lowest BCUT2D eigenvalue weighted by molar-refractivity contribution is 0.832. The van der Waals surface area contributed by atoms with Crippen LogP contribution in [0.1, 0.15) is 36.3 Å². The molecule has 8 aromatic rings. The number of allylic oxidation sites excluding steroid dienone is 7. The third-order valence-corrected chi connectivity index (χ3v) is 12.4. The largest absolute Gasteiger partial charge is 0.313 e. The molecule has 0 saturated carbocycles. The minimum Gasteiger partial charge on any atom is -0.313 e. The fourth-order valence-electron chi connectivity index (χ4n) is 9.39. The number of rotatable bonds is 9. The van der Waals surface area contributed by atoms with Crippen molar-refractivity contribution in [1.82, 2.24) is 0 Å². The van der Waals surface area contributed by atoms with E-state index in [1.807, 2.05) is 0 Å². The SMILES string of the molecule is C1=CC(N(c2ccccc2)c2ccc(C3=CC=C4C(C3)c3cc(-c5ccc(N(c6ccccc6)c6ccccc6)cc5)ccc3N4c3ccc4ccccc4c3)cc2)=CCC1. The fourth-order valence-corrected chi connectivity index (χ4v) is 9.39. The smallest absolute Gasteiger partial charge is 0.0498 e. The lowest BCUT2D eigenvalue weighted by Gasteiger charge is -2.28. The molecule has 3 nitrogen and oxygen atoms in total. The number of benzene rings is 8. The molecular weight excluding hydrogens is 739 g/mol. The third-order valence-electron chi connectivity index (χ3n) is 12.4. The molecule has 0 radical (unpaired) electrons. The molecule has 61 heavy (non-hydrogen) atoms. The second kappa shape index (κ2) is 15.9. The number of para-hydroxylation sites is 3. The Kier molecular flexibility index (Phi) is 9.48. The van der Waals surface area contributed by atoms with Crippen LogP contribution in [-0.4, -0.2) is 0 Å². The highest BCUT2D eigenvalue weighted by molar-refractivity contribution is 5.91. The van der Waals surface area contributed by atoms with Gasteiger partial charge in [0.05, 0.1) is 0 Å². The molecule has 0 spiro atoms. The van der Waals surface area contributed by atoms with E-state index in [0.717, 1.165) is 36.3 Å². The minimum atomic E-state index is 0.213. The Morgan fingerprint density at radius 3 is 1.67 bits per heavy atom. The van der Waals surface area contributed by atoms with E-state index in [0.29, 0.717) is 0 Å². The highest BCUT2D eigenvalue weighted by atomic mass is 15.2. The summed E-state index contributed by atoms with van der Waals surface area (Å²) in [6, 6.07) is 72.8. The van der Waals surface area contributed by atoms with Crippen LogP contribution in [0, 0.1) is 0 Å². The summed E-state index contributed by atoms with van der Waals surface area (Å²) >= 11 is 0. The predicted octanol–water partition coefficient (Wildman–Crippen LogP) is 16.0. The zero-order chi connectivity index (χ0) is 40.5. The van der Waals surface area contributed by atoms with Gasteiger partial charge < -0.3 is 14.7 Å². The first kappa shape index (κ1) is 36.5. The average molecular weight is 784 g/mol. The molecule has 2 aliphatic carbocycles. The van der Waals surface area contributed by atoms with Gasteiger partial charge in [-0.25, -0.2) is 0 Å². The van der Waals surface area contributed by atoms with Crippen LogP contribution < -0.4 is 14.7 Å². The van der Waals surface area contributed by atoms with Gasteiger partial charge in [-0.1, -0.05) is 133 Å². The van der Waals surface area contributed by atoms with Gasteiger partial charge in [0.1, 0.15) is 0 Å². The number of hydrogen-bond acceptors (Lipinski definition) is 3. The van der Waals surface area contributed by atoms with Crippen LogP contribution in [0.3, 0.4) is 0 Å². The van der Waals surface area contributed by atoms with Crippen LogP contribution in [0.2, 0.25) is 0 Å². The van der Waals surface area contributed by atoms with Crippen LogP contribution in [0.25, 0.3) is 27.5 Å². The summed E-state index contributed by atoms with van der Waals surface area (Å²) in [5.41, 5.74) is 17.1. The van der Waals surface area contributed by atoms with E-state index < -0.39 is 0 Å². The molecule has 0 N–H and O–H groups in total. The molecule has 0 aromatic heterocycles. The Labute approximate surface area is 358 Å². The zero-order valence-electron chi connectivity index (χ0n) is 34.0. The van der Waals surface area contributed by atoms with Crippen molar-refractivity contribution in [2.45, 2.75) is 25.2 Å². The molecular formula is C58H45N3. The number of hydrogen-bond donors (Lipinski definition) is 0. The summed E-state index contributed by atoms with van der Waals surface area (Å²) in [4.78, 5) is 7.18. The second-order valence-corrected chi connectivity index (χ2v) is 16.1. The standard InChI is InChI=1S/C58H45N3/c1-5-17-48(18-6-1)59(49-19-7-2-8-20-49)52-32-25-43(26-33-52)46-30-37-57-55(40-46)56-41-47(31-38-58(56)61(57)54-36-29-42-15-13-14-16-45(42)39-54)44-27-34-53(35-28-44)60(50-21-9-3-10-22-50)51-23-11-4-12-24-51/h1-3,5-11,13-40,56H,4,12,41H2. The lowest BCUT2D eigenvalue weighted by atomic mass is 9.84. The second-order valence-electron chi connectivity index (χ2n) is 16.1. The number of nitrogens with zero attached hydrogens (tertiary/aromatic N) is 3. The average Bonchev–Trinajstić information content (AvgIpc) is 3.66. The molecule has 292 valence electrons. The summed E-state index contributed by atoms with van der Waals surface area (Å²) < 4.78 is 0. The van der Waals surface area contributed by atoms with Crippen molar-refractivity contribution in [2.24, 2.45) is 0 Å². The van der Waals surface area contributed by atoms with Gasteiger partial charge in [0.15, 0.2) is 0 Å². The Hall–Kier alpha value is -7.62. The Morgan fingerprint density at radius 1 is 0.443 bits per heavy atom. The highest BCUT2D eigenvalue weighted by Gasteiger charge is 2.37. The zero-order valence-corrected chi connectivity index (χ0v) is 34.0. The molecule has 11 rings (SSSR count). The van der Waals surface area contributed by atoms with E-state index in [9.17, 15) is 0 Å². The van der Waals surface area contributed by atoms with Crippen molar-refractivity contribution in [3.63, 3.8) is 0 Å². The highest BCUT2D eigenvalue weighted by Crippen LogP contribution is 2.54. The van der Waals surface area contributed by atoms with Crippen molar-refractivity contribution in [1.29, 1.82) is 0 Å². The topological polar surface area (TPSA) is 9.72 Å². The lowest BCUT2D eigenvalue weighted by Crippen LogP contribution is -2.16. The van der Waals surface area contributed by atoms with Gasteiger partial charge in [-0.3, -0.25) is 0 Å². The summed E-state index contributed by atoms with van der Waals surface area (Å²) in [6.07, 6.45) is 14.7. The third kappa shape index (κ3) is 6.94. The van der Waals surface area contributed by atoms with Gasteiger partial charge in [0, 0.05) is 57.1 Å². The van der Waals surface area contributed by atoms with Gasteiger partial charge in [-0.15, -0.1) is 0 Å². The summed E-state index contributed by atoms with van der Waals surface area (Å²) in [5.74, 6) is 0.213. The monoisotopic (exact) mass is 783 g/mol. The molecule has 3 heteroatoms. The maximum absolute atomic E-state index is 2.50. The van der Waals surface area contributed by atoms with Crippen molar-refractivity contribution < 1.29 is 0 Å². The Balaban J connectivity index is 0.951. The van der Waals surface area contributed by atoms with Gasteiger partial charge in [-0.05, 0) is 155 Å². The van der Waals surface area contributed by atoms with Crippen molar-refractivity contribution in [3.8, 4) is 11.1 Å². The van der Waals surface area contributed by atoms with Crippen LogP contribution in [0.4, 0.5) is 39.8 Å². The molecule has 8 aromatic carbocycles. The molecule has 0 fully saturated rings. The Bertz CT molecular complexity index is 2940. The van der Waals surface area contributed by atoms with Gasteiger partial charge in [0.25, 0.3) is 0 Å².